The maximum absolute atomic E-state index is 14.0. The maximum Gasteiger partial charge on any atom is 0.303 e. The summed E-state index contributed by atoms with van der Waals surface area (Å²) in [7, 11) is 0. The van der Waals surface area contributed by atoms with Gasteiger partial charge in [-0.1, -0.05) is 30.9 Å². The number of aliphatic carboxylic acids is 1. The van der Waals surface area contributed by atoms with Crippen molar-refractivity contribution in [3.63, 3.8) is 0 Å². The molecule has 1 aromatic rings. The molecule has 0 aliphatic heterocycles. The number of carbonyl (C=O) groups is 1. The predicted octanol–water partition coefficient (Wildman–Crippen LogP) is 5.60. The van der Waals surface area contributed by atoms with Gasteiger partial charge in [-0.25, -0.2) is 4.39 Å². The zero-order valence-electron chi connectivity index (χ0n) is 11.8. The predicted molar refractivity (Wildman–Crippen MR) is 85.2 cm³/mol. The van der Waals surface area contributed by atoms with Crippen molar-refractivity contribution in [2.24, 2.45) is 5.41 Å². The highest BCUT2D eigenvalue weighted by Crippen LogP contribution is 2.43. The molecule has 1 aromatic carbocycles. The molecule has 1 aliphatic carbocycles. The van der Waals surface area contributed by atoms with Crippen LogP contribution in [0.1, 0.15) is 50.5 Å². The molecule has 1 fully saturated rings. The SMILES string of the molecule is O=C(O)CC1(CCc2cc(Cl)c(Br)cc2F)CCCCC1. The number of aryl methyl sites for hydroxylation is 1. The van der Waals surface area contributed by atoms with Crippen molar-refractivity contribution < 1.29 is 14.3 Å². The molecule has 0 heterocycles. The van der Waals surface area contributed by atoms with E-state index in [4.69, 9.17) is 16.7 Å². The van der Waals surface area contributed by atoms with Gasteiger partial charge in [-0.15, -0.1) is 0 Å². The Kier molecular flexibility index (Phi) is 5.67. The van der Waals surface area contributed by atoms with Gasteiger partial charge in [-0.2, -0.15) is 0 Å². The summed E-state index contributed by atoms with van der Waals surface area (Å²) in [4.78, 5) is 11.1. The minimum absolute atomic E-state index is 0.179. The summed E-state index contributed by atoms with van der Waals surface area (Å²) >= 11 is 9.22. The molecule has 21 heavy (non-hydrogen) atoms. The first kappa shape index (κ1) is 16.8. The smallest absolute Gasteiger partial charge is 0.303 e. The van der Waals surface area contributed by atoms with Crippen LogP contribution >= 0.6 is 27.5 Å². The fourth-order valence-corrected chi connectivity index (χ4v) is 3.79. The zero-order valence-corrected chi connectivity index (χ0v) is 14.1. The van der Waals surface area contributed by atoms with Gasteiger partial charge >= 0.3 is 5.97 Å². The molecule has 1 N–H and O–H groups in total. The van der Waals surface area contributed by atoms with E-state index in [0.717, 1.165) is 25.7 Å². The number of hydrogen-bond acceptors (Lipinski definition) is 1. The van der Waals surface area contributed by atoms with E-state index in [2.05, 4.69) is 15.9 Å². The fraction of sp³-hybridized carbons (Fsp3) is 0.562. The summed E-state index contributed by atoms with van der Waals surface area (Å²) in [5, 5.41) is 9.65. The summed E-state index contributed by atoms with van der Waals surface area (Å²) in [6.45, 7) is 0. The van der Waals surface area contributed by atoms with E-state index >= 15 is 0 Å². The van der Waals surface area contributed by atoms with Gasteiger partial charge in [0.2, 0.25) is 0 Å². The van der Waals surface area contributed by atoms with Gasteiger partial charge in [-0.3, -0.25) is 4.79 Å². The standard InChI is InChI=1S/C16H19BrClFO2/c17-12-9-14(19)11(8-13(12)18)4-7-16(10-15(20)21)5-2-1-3-6-16/h8-9H,1-7,10H2,(H,20,21). The molecule has 2 rings (SSSR count). The van der Waals surface area contributed by atoms with Crippen LogP contribution in [-0.2, 0) is 11.2 Å². The Morgan fingerprint density at radius 1 is 1.33 bits per heavy atom. The van der Waals surface area contributed by atoms with Crippen LogP contribution in [0.25, 0.3) is 0 Å². The van der Waals surface area contributed by atoms with Gasteiger partial charge in [0.25, 0.3) is 0 Å². The molecule has 0 bridgehead atoms. The van der Waals surface area contributed by atoms with Crippen LogP contribution in [-0.4, -0.2) is 11.1 Å². The molecule has 1 aliphatic rings. The molecule has 2 nitrogen and oxygen atoms in total. The number of rotatable bonds is 5. The van der Waals surface area contributed by atoms with Crippen molar-refractivity contribution in [2.75, 3.05) is 0 Å². The van der Waals surface area contributed by atoms with Gasteiger partial charge in [0.15, 0.2) is 0 Å². The van der Waals surface area contributed by atoms with Crippen LogP contribution in [0.15, 0.2) is 16.6 Å². The van der Waals surface area contributed by atoms with Gasteiger partial charge < -0.3 is 5.11 Å². The van der Waals surface area contributed by atoms with Crippen molar-refractivity contribution in [1.29, 1.82) is 0 Å². The number of benzene rings is 1. The Balaban J connectivity index is 2.11. The summed E-state index contributed by atoms with van der Waals surface area (Å²) < 4.78 is 14.5. The lowest BCUT2D eigenvalue weighted by Crippen LogP contribution is -2.28. The molecule has 0 saturated heterocycles. The quantitative estimate of drug-likeness (QED) is 0.678. The number of hydrogen-bond donors (Lipinski definition) is 1. The zero-order chi connectivity index (χ0) is 15.5. The molecule has 1 saturated carbocycles. The second kappa shape index (κ2) is 7.10. The number of halogens is 3. The van der Waals surface area contributed by atoms with Crippen molar-refractivity contribution in [3.05, 3.63) is 33.0 Å². The van der Waals surface area contributed by atoms with Crippen LogP contribution in [0.3, 0.4) is 0 Å². The lowest BCUT2D eigenvalue weighted by atomic mass is 9.68. The second-order valence-electron chi connectivity index (χ2n) is 5.99. The van der Waals surface area contributed by atoms with Crippen molar-refractivity contribution >= 4 is 33.5 Å². The number of carboxylic acid groups (broad SMARTS) is 1. The van der Waals surface area contributed by atoms with E-state index < -0.39 is 5.97 Å². The maximum atomic E-state index is 14.0. The van der Waals surface area contributed by atoms with Crippen LogP contribution < -0.4 is 0 Å². The van der Waals surface area contributed by atoms with Gasteiger partial charge in [0.1, 0.15) is 5.82 Å². The average molecular weight is 378 g/mol. The van der Waals surface area contributed by atoms with E-state index in [9.17, 15) is 9.18 Å². The van der Waals surface area contributed by atoms with E-state index in [1.165, 1.54) is 12.5 Å². The van der Waals surface area contributed by atoms with E-state index in [0.29, 0.717) is 27.9 Å². The molecule has 0 spiro atoms. The third-order valence-electron chi connectivity index (χ3n) is 4.45. The number of carboxylic acids is 1. The van der Waals surface area contributed by atoms with Crippen molar-refractivity contribution in [2.45, 2.75) is 51.4 Å². The van der Waals surface area contributed by atoms with E-state index in [1.807, 2.05) is 0 Å². The first-order valence-corrected chi connectivity index (χ1v) is 8.44. The molecule has 116 valence electrons. The Morgan fingerprint density at radius 2 is 2.00 bits per heavy atom. The molecule has 0 amide bonds. The monoisotopic (exact) mass is 376 g/mol. The Bertz CT molecular complexity index is 527. The molecular formula is C16H19BrClFO2. The highest BCUT2D eigenvalue weighted by molar-refractivity contribution is 9.10. The van der Waals surface area contributed by atoms with Gasteiger partial charge in [0, 0.05) is 4.47 Å². The Morgan fingerprint density at radius 3 is 2.62 bits per heavy atom. The molecule has 5 heteroatoms. The summed E-state index contributed by atoms with van der Waals surface area (Å²) in [6.07, 6.45) is 6.56. The first-order valence-electron chi connectivity index (χ1n) is 7.27. The molecule has 0 unspecified atom stereocenters. The highest BCUT2D eigenvalue weighted by atomic mass is 79.9. The molecular weight excluding hydrogens is 359 g/mol. The van der Waals surface area contributed by atoms with Crippen LogP contribution in [0.4, 0.5) is 4.39 Å². The third kappa shape index (κ3) is 4.43. The van der Waals surface area contributed by atoms with Crippen molar-refractivity contribution in [3.8, 4) is 0 Å². The molecule has 0 aromatic heterocycles. The third-order valence-corrected chi connectivity index (χ3v) is 5.65. The van der Waals surface area contributed by atoms with Gasteiger partial charge in [-0.05, 0) is 64.7 Å². The van der Waals surface area contributed by atoms with E-state index in [1.54, 1.807) is 6.07 Å². The van der Waals surface area contributed by atoms with Gasteiger partial charge in [0.05, 0.1) is 11.4 Å². The summed E-state index contributed by atoms with van der Waals surface area (Å²) in [5.74, 6) is -1.04. The second-order valence-corrected chi connectivity index (χ2v) is 7.25. The van der Waals surface area contributed by atoms with Crippen molar-refractivity contribution in [1.82, 2.24) is 0 Å². The van der Waals surface area contributed by atoms with Crippen LogP contribution in [0.5, 0.6) is 0 Å². The van der Waals surface area contributed by atoms with Crippen LogP contribution in [0.2, 0.25) is 5.02 Å². The molecule has 0 atom stereocenters. The lowest BCUT2D eigenvalue weighted by molar-refractivity contribution is -0.140. The minimum atomic E-state index is -0.758. The lowest BCUT2D eigenvalue weighted by Gasteiger charge is -2.36. The van der Waals surface area contributed by atoms with Crippen LogP contribution in [0, 0.1) is 11.2 Å². The normalized spacial score (nSPS) is 17.7. The van der Waals surface area contributed by atoms with E-state index in [-0.39, 0.29) is 17.7 Å². The average Bonchev–Trinajstić information content (AvgIpc) is 2.42. The first-order chi connectivity index (χ1) is 9.92. The topological polar surface area (TPSA) is 37.3 Å². The minimum Gasteiger partial charge on any atom is -0.481 e. The summed E-state index contributed by atoms with van der Waals surface area (Å²) in [6, 6.07) is 3.01. The Hall–Kier alpha value is -0.610. The molecule has 0 radical (unpaired) electrons. The fourth-order valence-electron chi connectivity index (χ4n) is 3.29. The highest BCUT2D eigenvalue weighted by Gasteiger charge is 2.34. The summed E-state index contributed by atoms with van der Waals surface area (Å²) in [5.41, 5.74) is 0.384. The largest absolute Gasteiger partial charge is 0.481 e. The Labute approximate surface area is 137 Å².